The van der Waals surface area contributed by atoms with Gasteiger partial charge in [0.05, 0.1) is 18.8 Å². The Balaban J connectivity index is 2.22. The number of nitrogens with one attached hydrogen (secondary N) is 1. The van der Waals surface area contributed by atoms with Crippen LogP contribution in [0.15, 0.2) is 18.2 Å². The number of nitriles is 1. The molecule has 6 nitrogen and oxygen atoms in total. The summed E-state index contributed by atoms with van der Waals surface area (Å²) in [6.45, 7) is 2.31. The third kappa shape index (κ3) is 3.45. The molecule has 3 rings (SSSR count). The van der Waals surface area contributed by atoms with Crippen LogP contribution in [0.2, 0.25) is 10.0 Å². The second-order valence-corrected chi connectivity index (χ2v) is 7.11. The Morgan fingerprint density at radius 3 is 2.68 bits per heavy atom. The van der Waals surface area contributed by atoms with Gasteiger partial charge in [0.1, 0.15) is 15.9 Å². The third-order valence-electron chi connectivity index (χ3n) is 3.81. The maximum Gasteiger partial charge on any atom is 0.285 e. The van der Waals surface area contributed by atoms with Crippen LogP contribution in [0.4, 0.5) is 5.00 Å². The van der Waals surface area contributed by atoms with Crippen LogP contribution < -0.4 is 10.4 Å². The van der Waals surface area contributed by atoms with Crippen molar-refractivity contribution < 1.29 is 14.7 Å². The van der Waals surface area contributed by atoms with E-state index in [0.717, 1.165) is 11.3 Å². The SMILES string of the molecule is N#Cc1c(N2CCOCC2)sc(C(=O)NO)c1-c1ccc(Cl)cc1Cl. The first-order chi connectivity index (χ1) is 12.1. The van der Waals surface area contributed by atoms with Crippen molar-refractivity contribution in [2.75, 3.05) is 31.2 Å². The van der Waals surface area contributed by atoms with Gasteiger partial charge in [0, 0.05) is 34.3 Å². The van der Waals surface area contributed by atoms with E-state index in [1.807, 2.05) is 4.90 Å². The van der Waals surface area contributed by atoms with E-state index in [2.05, 4.69) is 6.07 Å². The number of hydrogen-bond donors (Lipinski definition) is 2. The molecule has 130 valence electrons. The van der Waals surface area contributed by atoms with Crippen LogP contribution in [0, 0.1) is 11.3 Å². The van der Waals surface area contributed by atoms with Gasteiger partial charge in [0.15, 0.2) is 0 Å². The molecule has 2 aromatic rings. The molecule has 25 heavy (non-hydrogen) atoms. The molecule has 1 aliphatic rings. The molecule has 1 saturated heterocycles. The first-order valence-corrected chi connectivity index (χ1v) is 8.93. The van der Waals surface area contributed by atoms with Crippen LogP contribution in [0.3, 0.4) is 0 Å². The molecule has 0 bridgehead atoms. The number of thiophene rings is 1. The third-order valence-corrected chi connectivity index (χ3v) is 5.61. The van der Waals surface area contributed by atoms with E-state index >= 15 is 0 Å². The molecule has 9 heteroatoms. The van der Waals surface area contributed by atoms with E-state index in [0.29, 0.717) is 58.0 Å². The van der Waals surface area contributed by atoms with Crippen LogP contribution in [0.5, 0.6) is 0 Å². The van der Waals surface area contributed by atoms with E-state index in [9.17, 15) is 10.1 Å². The summed E-state index contributed by atoms with van der Waals surface area (Å²) in [5.74, 6) is -0.693. The standard InChI is InChI=1S/C16H13Cl2N3O3S/c17-9-1-2-10(12(18)7-9)13-11(8-19)16(21-3-5-24-6-4-21)25-14(13)15(22)20-23/h1-2,7,23H,3-6H2,(H,20,22). The largest absolute Gasteiger partial charge is 0.378 e. The molecule has 0 atom stereocenters. The zero-order valence-corrected chi connectivity index (χ0v) is 15.2. The van der Waals surface area contributed by atoms with Crippen LogP contribution in [0.25, 0.3) is 11.1 Å². The van der Waals surface area contributed by atoms with Crippen molar-refractivity contribution in [1.82, 2.24) is 5.48 Å². The minimum Gasteiger partial charge on any atom is -0.378 e. The number of hydrogen-bond acceptors (Lipinski definition) is 6. The summed E-state index contributed by atoms with van der Waals surface area (Å²) in [6.07, 6.45) is 0. The number of nitrogens with zero attached hydrogens (tertiary/aromatic N) is 2. The Morgan fingerprint density at radius 1 is 1.36 bits per heavy atom. The Labute approximate surface area is 158 Å². The molecule has 1 fully saturated rings. The van der Waals surface area contributed by atoms with Crippen LogP contribution >= 0.6 is 34.5 Å². The Morgan fingerprint density at radius 2 is 2.08 bits per heavy atom. The number of halogens is 2. The van der Waals surface area contributed by atoms with Crippen molar-refractivity contribution in [2.24, 2.45) is 0 Å². The second kappa shape index (κ2) is 7.60. The van der Waals surface area contributed by atoms with Crippen molar-refractivity contribution in [2.45, 2.75) is 0 Å². The highest BCUT2D eigenvalue weighted by molar-refractivity contribution is 7.19. The molecule has 1 aliphatic heterocycles. The Hall–Kier alpha value is -1.82. The first kappa shape index (κ1) is 18.0. The highest BCUT2D eigenvalue weighted by atomic mass is 35.5. The number of morpholine rings is 1. The highest BCUT2D eigenvalue weighted by Gasteiger charge is 2.28. The molecule has 2 heterocycles. The van der Waals surface area contributed by atoms with Crippen LogP contribution in [0.1, 0.15) is 15.2 Å². The van der Waals surface area contributed by atoms with Crippen molar-refractivity contribution in [3.63, 3.8) is 0 Å². The number of rotatable bonds is 3. The lowest BCUT2D eigenvalue weighted by atomic mass is 10.0. The van der Waals surface area contributed by atoms with Crippen LogP contribution in [-0.2, 0) is 4.74 Å². The van der Waals surface area contributed by atoms with E-state index in [1.54, 1.807) is 23.7 Å². The number of benzene rings is 1. The molecule has 0 aliphatic carbocycles. The minimum absolute atomic E-state index is 0.213. The molecule has 1 aromatic heterocycles. The lowest BCUT2D eigenvalue weighted by molar-refractivity contribution is 0.0711. The monoisotopic (exact) mass is 397 g/mol. The fourth-order valence-electron chi connectivity index (χ4n) is 2.67. The number of ether oxygens (including phenoxy) is 1. The van der Waals surface area contributed by atoms with E-state index in [1.165, 1.54) is 0 Å². The Kier molecular flexibility index (Phi) is 5.47. The smallest absolute Gasteiger partial charge is 0.285 e. The fourth-order valence-corrected chi connectivity index (χ4v) is 4.38. The molecule has 2 N–H and O–H groups in total. The van der Waals surface area contributed by atoms with Gasteiger partial charge >= 0.3 is 0 Å². The van der Waals surface area contributed by atoms with Crippen molar-refractivity contribution in [3.05, 3.63) is 38.7 Å². The van der Waals surface area contributed by atoms with Crippen molar-refractivity contribution in [1.29, 1.82) is 5.26 Å². The minimum atomic E-state index is -0.693. The van der Waals surface area contributed by atoms with Gasteiger partial charge in [-0.15, -0.1) is 11.3 Å². The normalized spacial score (nSPS) is 14.2. The number of amides is 1. The molecular weight excluding hydrogens is 385 g/mol. The zero-order valence-electron chi connectivity index (χ0n) is 12.9. The van der Waals surface area contributed by atoms with Gasteiger partial charge in [-0.3, -0.25) is 10.0 Å². The zero-order chi connectivity index (χ0) is 18.0. The Bertz CT molecular complexity index is 857. The maximum absolute atomic E-state index is 12.2. The lowest BCUT2D eigenvalue weighted by Crippen LogP contribution is -2.36. The van der Waals surface area contributed by atoms with Gasteiger partial charge in [-0.2, -0.15) is 5.26 Å². The predicted molar refractivity (Wildman–Crippen MR) is 96.8 cm³/mol. The summed E-state index contributed by atoms with van der Waals surface area (Å²) in [7, 11) is 0. The average Bonchev–Trinajstić information content (AvgIpc) is 3.01. The number of anilines is 1. The second-order valence-electron chi connectivity index (χ2n) is 5.26. The maximum atomic E-state index is 12.2. The summed E-state index contributed by atoms with van der Waals surface area (Å²) >= 11 is 13.4. The predicted octanol–water partition coefficient (Wildman–Crippen LogP) is 3.55. The molecule has 0 unspecified atom stereocenters. The highest BCUT2D eigenvalue weighted by Crippen LogP contribution is 2.44. The number of hydroxylamine groups is 1. The van der Waals surface area contributed by atoms with Crippen LogP contribution in [-0.4, -0.2) is 37.4 Å². The molecule has 0 spiro atoms. The van der Waals surface area contributed by atoms with Gasteiger partial charge in [-0.05, 0) is 12.1 Å². The molecule has 0 saturated carbocycles. The van der Waals surface area contributed by atoms with E-state index in [-0.39, 0.29) is 4.88 Å². The average molecular weight is 398 g/mol. The molecule has 0 radical (unpaired) electrons. The van der Waals surface area contributed by atoms with Gasteiger partial charge < -0.3 is 9.64 Å². The quantitative estimate of drug-likeness (QED) is 0.610. The van der Waals surface area contributed by atoms with Crippen molar-refractivity contribution in [3.8, 4) is 17.2 Å². The van der Waals surface area contributed by atoms with Gasteiger partial charge in [-0.25, -0.2) is 5.48 Å². The summed E-state index contributed by atoms with van der Waals surface area (Å²) in [5, 5.41) is 20.3. The molecular formula is C16H13Cl2N3O3S. The number of carbonyl (C=O) groups excluding carboxylic acids is 1. The van der Waals surface area contributed by atoms with E-state index < -0.39 is 5.91 Å². The van der Waals surface area contributed by atoms with E-state index in [4.69, 9.17) is 33.1 Å². The lowest BCUT2D eigenvalue weighted by Gasteiger charge is -2.27. The number of carbonyl (C=O) groups is 1. The van der Waals surface area contributed by atoms with Gasteiger partial charge in [0.2, 0.25) is 0 Å². The summed E-state index contributed by atoms with van der Waals surface area (Å²) in [6, 6.07) is 7.02. The molecule has 1 amide bonds. The topological polar surface area (TPSA) is 85.6 Å². The molecule has 1 aromatic carbocycles. The summed E-state index contributed by atoms with van der Waals surface area (Å²) in [4.78, 5) is 14.4. The first-order valence-electron chi connectivity index (χ1n) is 7.36. The van der Waals surface area contributed by atoms with Gasteiger partial charge in [0.25, 0.3) is 5.91 Å². The fraction of sp³-hybridized carbons (Fsp3) is 0.250. The van der Waals surface area contributed by atoms with Gasteiger partial charge in [-0.1, -0.05) is 29.3 Å². The summed E-state index contributed by atoms with van der Waals surface area (Å²) < 4.78 is 5.34. The summed E-state index contributed by atoms with van der Waals surface area (Å²) in [5.41, 5.74) is 2.88. The van der Waals surface area contributed by atoms with Crippen molar-refractivity contribution >= 4 is 45.4 Å².